The van der Waals surface area contributed by atoms with E-state index >= 15 is 0 Å². The smallest absolute Gasteiger partial charge is 0.416 e. The normalized spacial score (nSPS) is 11.4. The summed E-state index contributed by atoms with van der Waals surface area (Å²) in [6.07, 6.45) is 0.0962. The third kappa shape index (κ3) is 5.06. The maximum atomic E-state index is 13.1. The van der Waals surface area contributed by atoms with Crippen molar-refractivity contribution in [2.75, 3.05) is 23.9 Å². The number of carbonyl (C=O) groups excluding carboxylic acids is 1. The molecule has 0 aliphatic rings. The molecule has 2 aromatic heterocycles. The second kappa shape index (κ2) is 10.1. The number of nitrogens with zero attached hydrogens (tertiary/aromatic N) is 4. The molecular weight excluding hydrogens is 523 g/mol. The minimum atomic E-state index is -4.57. The number of nitrogens with one attached hydrogen (secondary N) is 1. The van der Waals surface area contributed by atoms with E-state index in [1.54, 1.807) is 36.8 Å². The number of nitrogens with two attached hydrogens (primary N) is 2. The van der Waals surface area contributed by atoms with Gasteiger partial charge in [-0.15, -0.1) is 0 Å². The van der Waals surface area contributed by atoms with Crippen molar-refractivity contribution in [2.45, 2.75) is 13.1 Å². The molecule has 0 unspecified atom stereocenters. The molecule has 0 atom stereocenters. The Hall–Kier alpha value is -5.26. The van der Waals surface area contributed by atoms with Gasteiger partial charge in [0.1, 0.15) is 5.75 Å². The molecule has 3 aromatic carbocycles. The number of aryl methyl sites for hydroxylation is 1. The van der Waals surface area contributed by atoms with Crippen LogP contribution in [0.15, 0.2) is 67.1 Å². The van der Waals surface area contributed by atoms with Crippen LogP contribution >= 0.6 is 0 Å². The van der Waals surface area contributed by atoms with E-state index in [2.05, 4.69) is 25.3 Å². The van der Waals surface area contributed by atoms with Gasteiger partial charge in [-0.3, -0.25) is 4.79 Å². The molecule has 1 amide bonds. The van der Waals surface area contributed by atoms with Crippen LogP contribution in [-0.4, -0.2) is 33.0 Å². The van der Waals surface area contributed by atoms with Crippen LogP contribution in [0.1, 0.15) is 21.5 Å². The zero-order chi connectivity index (χ0) is 28.6. The zero-order valence-corrected chi connectivity index (χ0v) is 21.2. The molecule has 0 aliphatic carbocycles. The number of carbonyl (C=O) groups is 1. The van der Waals surface area contributed by atoms with E-state index in [-0.39, 0.29) is 17.5 Å². The van der Waals surface area contributed by atoms with E-state index in [0.29, 0.717) is 44.6 Å². The predicted molar refractivity (Wildman–Crippen MR) is 146 cm³/mol. The lowest BCUT2D eigenvalue weighted by atomic mass is 9.93. The van der Waals surface area contributed by atoms with Gasteiger partial charge in [-0.2, -0.15) is 13.2 Å². The van der Waals surface area contributed by atoms with E-state index in [9.17, 15) is 18.0 Å². The van der Waals surface area contributed by atoms with Gasteiger partial charge in [0, 0.05) is 46.4 Å². The molecule has 0 aliphatic heterocycles. The number of amides is 1. The van der Waals surface area contributed by atoms with Crippen molar-refractivity contribution in [2.24, 2.45) is 0 Å². The molecule has 9 nitrogen and oxygen atoms in total. The van der Waals surface area contributed by atoms with Gasteiger partial charge in [-0.1, -0.05) is 12.1 Å². The first kappa shape index (κ1) is 26.4. The van der Waals surface area contributed by atoms with Gasteiger partial charge in [-0.05, 0) is 54.4 Å². The molecule has 5 aromatic rings. The highest BCUT2D eigenvalue weighted by molar-refractivity contribution is 6.06. The first-order chi connectivity index (χ1) is 19.0. The standard InChI is InChI=1S/C28H22F3N7O2/c1-14-6-7-19(37-25(39)15-4-3-5-18(8-15)28(29,30)31)10-20(14)21-9-16-11-36-27(33)38-23(16)22(24(21)40-2)17-12-34-26(32)35-13-17/h3-13H,1-2H3,(H,37,39)(H2,32,34,35)(H2,33,36,38). The summed E-state index contributed by atoms with van der Waals surface area (Å²) in [6, 6.07) is 11.2. The summed E-state index contributed by atoms with van der Waals surface area (Å²) < 4.78 is 45.3. The molecule has 40 heavy (non-hydrogen) atoms. The molecule has 12 heteroatoms. The number of aromatic nitrogens is 4. The van der Waals surface area contributed by atoms with Crippen molar-refractivity contribution >= 4 is 34.4 Å². The van der Waals surface area contributed by atoms with Crippen molar-refractivity contribution in [1.82, 2.24) is 19.9 Å². The van der Waals surface area contributed by atoms with Crippen LogP contribution in [-0.2, 0) is 6.18 Å². The lowest BCUT2D eigenvalue weighted by Crippen LogP contribution is -2.14. The Balaban J connectivity index is 1.63. The van der Waals surface area contributed by atoms with E-state index in [4.69, 9.17) is 16.2 Å². The highest BCUT2D eigenvalue weighted by Crippen LogP contribution is 2.44. The minimum Gasteiger partial charge on any atom is -0.495 e. The van der Waals surface area contributed by atoms with Crippen molar-refractivity contribution in [3.05, 3.63) is 83.8 Å². The Morgan fingerprint density at radius 3 is 2.35 bits per heavy atom. The van der Waals surface area contributed by atoms with Crippen LogP contribution in [0.3, 0.4) is 0 Å². The summed E-state index contributed by atoms with van der Waals surface area (Å²) in [4.78, 5) is 29.6. The summed E-state index contributed by atoms with van der Waals surface area (Å²) in [6.45, 7) is 1.88. The predicted octanol–water partition coefficient (Wildman–Crippen LogP) is 5.51. The summed E-state index contributed by atoms with van der Waals surface area (Å²) in [5, 5.41) is 3.33. The molecule has 0 radical (unpaired) electrons. The molecular formula is C28H22F3N7O2. The third-order valence-electron chi connectivity index (χ3n) is 6.25. The monoisotopic (exact) mass is 545 g/mol. The van der Waals surface area contributed by atoms with Gasteiger partial charge >= 0.3 is 6.18 Å². The number of halogens is 3. The van der Waals surface area contributed by atoms with Crippen LogP contribution < -0.4 is 21.5 Å². The molecule has 5 N–H and O–H groups in total. The summed E-state index contributed by atoms with van der Waals surface area (Å²) in [7, 11) is 1.51. The van der Waals surface area contributed by atoms with Crippen molar-refractivity contribution in [3.8, 4) is 28.0 Å². The molecule has 0 spiro atoms. The Kier molecular flexibility index (Phi) is 6.68. The molecule has 0 saturated carbocycles. The number of alkyl halides is 3. The van der Waals surface area contributed by atoms with E-state index in [1.807, 2.05) is 13.0 Å². The van der Waals surface area contributed by atoms with E-state index < -0.39 is 17.6 Å². The Labute approximate surface area is 226 Å². The number of methoxy groups -OCH3 is 1. The Morgan fingerprint density at radius 2 is 1.65 bits per heavy atom. The fourth-order valence-corrected chi connectivity index (χ4v) is 4.35. The number of ether oxygens (including phenoxy) is 1. The maximum Gasteiger partial charge on any atom is 0.416 e. The number of anilines is 3. The van der Waals surface area contributed by atoms with Gasteiger partial charge in [0.05, 0.1) is 23.8 Å². The molecule has 5 rings (SSSR count). The fraction of sp³-hybridized carbons (Fsp3) is 0.107. The largest absolute Gasteiger partial charge is 0.495 e. The van der Waals surface area contributed by atoms with Crippen LogP contribution in [0, 0.1) is 6.92 Å². The highest BCUT2D eigenvalue weighted by atomic mass is 19.4. The van der Waals surface area contributed by atoms with Crippen LogP contribution in [0.5, 0.6) is 5.75 Å². The Bertz CT molecular complexity index is 1760. The number of hydrogen-bond acceptors (Lipinski definition) is 8. The van der Waals surface area contributed by atoms with Crippen molar-refractivity contribution < 1.29 is 22.7 Å². The topological polar surface area (TPSA) is 142 Å². The second-order valence-electron chi connectivity index (χ2n) is 8.89. The molecule has 0 saturated heterocycles. The average Bonchev–Trinajstić information content (AvgIpc) is 2.93. The van der Waals surface area contributed by atoms with E-state index in [1.165, 1.54) is 19.2 Å². The minimum absolute atomic E-state index is 0.0652. The molecule has 2 heterocycles. The summed E-state index contributed by atoms with van der Waals surface area (Å²) >= 11 is 0. The lowest BCUT2D eigenvalue weighted by Gasteiger charge is -2.18. The highest BCUT2D eigenvalue weighted by Gasteiger charge is 2.31. The van der Waals surface area contributed by atoms with Crippen LogP contribution in [0.4, 0.5) is 30.8 Å². The summed E-state index contributed by atoms with van der Waals surface area (Å²) in [5.41, 5.74) is 14.7. The molecule has 202 valence electrons. The van der Waals surface area contributed by atoms with Gasteiger partial charge in [0.2, 0.25) is 11.9 Å². The number of hydrogen-bond donors (Lipinski definition) is 3. The number of rotatable bonds is 5. The van der Waals surface area contributed by atoms with Crippen molar-refractivity contribution in [3.63, 3.8) is 0 Å². The Morgan fingerprint density at radius 1 is 0.925 bits per heavy atom. The van der Waals surface area contributed by atoms with Gasteiger partial charge in [-0.25, -0.2) is 19.9 Å². The van der Waals surface area contributed by atoms with Gasteiger partial charge < -0.3 is 21.5 Å². The third-order valence-corrected chi connectivity index (χ3v) is 6.25. The lowest BCUT2D eigenvalue weighted by molar-refractivity contribution is -0.137. The fourth-order valence-electron chi connectivity index (χ4n) is 4.35. The zero-order valence-electron chi connectivity index (χ0n) is 21.2. The number of fused-ring (bicyclic) bond motifs is 1. The second-order valence-corrected chi connectivity index (χ2v) is 8.89. The van der Waals surface area contributed by atoms with E-state index in [0.717, 1.165) is 17.7 Å². The number of nitrogen functional groups attached to an aromatic ring is 2. The maximum absolute atomic E-state index is 13.1. The first-order valence-electron chi connectivity index (χ1n) is 11.9. The molecule has 0 bridgehead atoms. The number of benzene rings is 3. The van der Waals surface area contributed by atoms with Crippen LogP contribution in [0.25, 0.3) is 33.2 Å². The average molecular weight is 546 g/mol. The van der Waals surface area contributed by atoms with Gasteiger partial charge in [0.25, 0.3) is 5.91 Å². The summed E-state index contributed by atoms with van der Waals surface area (Å²) in [5.74, 6) is -0.0915. The SMILES string of the molecule is COc1c(-c2cc(NC(=O)c3cccc(C(F)(F)F)c3)ccc2C)cc2cnc(N)nc2c1-c1cnc(N)nc1. The quantitative estimate of drug-likeness (QED) is 0.263. The van der Waals surface area contributed by atoms with Gasteiger partial charge in [0.15, 0.2) is 0 Å². The molecule has 0 fully saturated rings. The van der Waals surface area contributed by atoms with Crippen molar-refractivity contribution in [1.29, 1.82) is 0 Å². The van der Waals surface area contributed by atoms with Crippen LogP contribution in [0.2, 0.25) is 0 Å². The first-order valence-corrected chi connectivity index (χ1v) is 11.9.